The molecule has 176 valence electrons. The Hall–Kier alpha value is -3.41. The summed E-state index contributed by atoms with van der Waals surface area (Å²) < 4.78 is 0. The minimum Gasteiger partial charge on any atom is -0.380 e. The van der Waals surface area contributed by atoms with Crippen LogP contribution in [0.3, 0.4) is 0 Å². The summed E-state index contributed by atoms with van der Waals surface area (Å²) in [6.45, 7) is 1.20. The van der Waals surface area contributed by atoms with Gasteiger partial charge in [0.2, 0.25) is 0 Å². The number of aromatic amines is 1. The van der Waals surface area contributed by atoms with Gasteiger partial charge in [0.25, 0.3) is 5.91 Å². The Bertz CT molecular complexity index is 1410. The topological polar surface area (TPSA) is 69.2 Å². The zero-order chi connectivity index (χ0) is 24.0. The van der Waals surface area contributed by atoms with Crippen molar-refractivity contribution < 1.29 is 9.90 Å². The number of carbonyl (C=O) groups excluding carboxylic acids is 1. The van der Waals surface area contributed by atoms with Gasteiger partial charge in [-0.1, -0.05) is 66.2 Å². The van der Waals surface area contributed by atoms with E-state index in [0.29, 0.717) is 31.0 Å². The van der Waals surface area contributed by atoms with Crippen LogP contribution in [0.2, 0.25) is 5.02 Å². The zero-order valence-corrected chi connectivity index (χ0v) is 20.1. The van der Waals surface area contributed by atoms with E-state index in [1.54, 1.807) is 4.90 Å². The van der Waals surface area contributed by atoms with Crippen molar-refractivity contribution in [1.29, 1.82) is 0 Å². The highest BCUT2D eigenvalue weighted by Crippen LogP contribution is 2.38. The molecule has 3 aromatic carbocycles. The number of benzene rings is 3. The lowest BCUT2D eigenvalue weighted by molar-refractivity contribution is -0.143. The molecule has 2 heterocycles. The van der Waals surface area contributed by atoms with Crippen LogP contribution in [0.25, 0.3) is 22.6 Å². The molecule has 2 N–H and O–H groups in total. The standard InChI is InChI=1S/C29H26ClN3O2/c30-25-10-9-19(16-24(25)27-31-17-26(32-27)20-5-2-1-3-6-20)15-21-7-4-8-22-18-33(14-11-23(21)22)28(34)29(35)12-13-29/h1-10,16-17,35H,11-15,18H2,(H,31,32). The summed E-state index contributed by atoms with van der Waals surface area (Å²) in [4.78, 5) is 22.4. The van der Waals surface area contributed by atoms with Crippen molar-refractivity contribution in [2.24, 2.45) is 0 Å². The normalized spacial score (nSPS) is 16.1. The van der Waals surface area contributed by atoms with Crippen LogP contribution in [-0.4, -0.2) is 38.0 Å². The molecule has 0 atom stereocenters. The molecule has 6 heteroatoms. The molecular formula is C29H26ClN3O2. The SMILES string of the molecule is O=C(N1CCc2c(Cc3ccc(Cl)c(-c4ncc(-c5ccccc5)[nH]4)c3)cccc2C1)C1(O)CC1. The molecule has 0 spiro atoms. The van der Waals surface area contributed by atoms with Crippen LogP contribution >= 0.6 is 11.6 Å². The van der Waals surface area contributed by atoms with Crippen LogP contribution in [0.15, 0.2) is 72.9 Å². The van der Waals surface area contributed by atoms with Crippen molar-refractivity contribution in [2.75, 3.05) is 6.54 Å². The van der Waals surface area contributed by atoms with Gasteiger partial charge in [-0.25, -0.2) is 4.98 Å². The largest absolute Gasteiger partial charge is 0.380 e. The second-order valence-corrected chi connectivity index (χ2v) is 9.97. The minimum absolute atomic E-state index is 0.121. The van der Waals surface area contributed by atoms with Crippen molar-refractivity contribution >= 4 is 17.5 Å². The van der Waals surface area contributed by atoms with Crippen molar-refractivity contribution in [2.45, 2.75) is 37.8 Å². The number of H-pyrrole nitrogens is 1. The minimum atomic E-state index is -1.11. The highest BCUT2D eigenvalue weighted by molar-refractivity contribution is 6.33. The number of aromatic nitrogens is 2. The van der Waals surface area contributed by atoms with Crippen LogP contribution < -0.4 is 0 Å². The summed E-state index contributed by atoms with van der Waals surface area (Å²) >= 11 is 6.57. The van der Waals surface area contributed by atoms with Crippen LogP contribution in [0, 0.1) is 0 Å². The van der Waals surface area contributed by atoms with Crippen molar-refractivity contribution in [1.82, 2.24) is 14.9 Å². The van der Waals surface area contributed by atoms with E-state index in [1.807, 2.05) is 42.6 Å². The van der Waals surface area contributed by atoms with E-state index < -0.39 is 5.60 Å². The molecule has 35 heavy (non-hydrogen) atoms. The van der Waals surface area contributed by atoms with E-state index in [0.717, 1.165) is 41.1 Å². The third kappa shape index (κ3) is 4.26. The molecule has 4 aromatic rings. The van der Waals surface area contributed by atoms with Crippen molar-refractivity contribution in [3.63, 3.8) is 0 Å². The first-order valence-electron chi connectivity index (χ1n) is 12.0. The second-order valence-electron chi connectivity index (χ2n) is 9.57. The molecule has 0 saturated heterocycles. The molecule has 0 radical (unpaired) electrons. The smallest absolute Gasteiger partial charge is 0.254 e. The number of amides is 1. The van der Waals surface area contributed by atoms with Gasteiger partial charge in [0.1, 0.15) is 11.4 Å². The molecule has 1 aromatic heterocycles. The lowest BCUT2D eigenvalue weighted by Gasteiger charge is -2.31. The fourth-order valence-electron chi connectivity index (χ4n) is 4.96. The van der Waals surface area contributed by atoms with E-state index in [2.05, 4.69) is 40.3 Å². The Morgan fingerprint density at radius 3 is 2.71 bits per heavy atom. The van der Waals surface area contributed by atoms with Gasteiger partial charge in [-0.05, 0) is 65.6 Å². The summed E-state index contributed by atoms with van der Waals surface area (Å²) in [5.41, 5.74) is 6.69. The van der Waals surface area contributed by atoms with Gasteiger partial charge in [0, 0.05) is 18.7 Å². The van der Waals surface area contributed by atoms with Crippen LogP contribution in [0.4, 0.5) is 0 Å². The molecule has 1 amide bonds. The summed E-state index contributed by atoms with van der Waals surface area (Å²) in [6, 6.07) is 22.5. The number of nitrogens with zero attached hydrogens (tertiary/aromatic N) is 2. The Labute approximate surface area is 209 Å². The number of rotatable bonds is 5. The lowest BCUT2D eigenvalue weighted by atomic mass is 9.90. The Balaban J connectivity index is 1.25. The molecule has 1 aliphatic heterocycles. The number of imidazole rings is 1. The average Bonchev–Trinajstić information content (AvgIpc) is 3.45. The third-order valence-electron chi connectivity index (χ3n) is 7.11. The van der Waals surface area contributed by atoms with Crippen molar-refractivity contribution in [3.8, 4) is 22.6 Å². The quantitative estimate of drug-likeness (QED) is 0.399. The monoisotopic (exact) mass is 483 g/mol. The number of carbonyl (C=O) groups is 1. The van der Waals surface area contributed by atoms with Gasteiger partial charge < -0.3 is 15.0 Å². The van der Waals surface area contributed by atoms with Gasteiger partial charge in [-0.15, -0.1) is 0 Å². The van der Waals surface area contributed by atoms with Gasteiger partial charge in [-0.2, -0.15) is 0 Å². The van der Waals surface area contributed by atoms with E-state index in [1.165, 1.54) is 16.7 Å². The fourth-order valence-corrected chi connectivity index (χ4v) is 5.17. The second kappa shape index (κ2) is 8.67. The highest BCUT2D eigenvalue weighted by atomic mass is 35.5. The summed E-state index contributed by atoms with van der Waals surface area (Å²) in [5, 5.41) is 10.9. The Morgan fingerprint density at radius 2 is 1.91 bits per heavy atom. The number of fused-ring (bicyclic) bond motifs is 1. The summed E-state index contributed by atoms with van der Waals surface area (Å²) in [6.07, 6.45) is 4.57. The number of hydrogen-bond acceptors (Lipinski definition) is 3. The molecule has 5 nitrogen and oxygen atoms in total. The predicted molar refractivity (Wildman–Crippen MR) is 137 cm³/mol. The van der Waals surface area contributed by atoms with E-state index >= 15 is 0 Å². The molecule has 6 rings (SSSR count). The number of nitrogens with one attached hydrogen (secondary N) is 1. The van der Waals surface area contributed by atoms with E-state index in [4.69, 9.17) is 11.6 Å². The van der Waals surface area contributed by atoms with E-state index in [-0.39, 0.29) is 5.91 Å². The lowest BCUT2D eigenvalue weighted by Crippen LogP contribution is -2.43. The average molecular weight is 484 g/mol. The maximum atomic E-state index is 12.6. The van der Waals surface area contributed by atoms with E-state index in [9.17, 15) is 9.90 Å². The zero-order valence-electron chi connectivity index (χ0n) is 19.3. The maximum Gasteiger partial charge on any atom is 0.254 e. The predicted octanol–water partition coefficient (Wildman–Crippen LogP) is 5.40. The first kappa shape index (κ1) is 22.1. The van der Waals surface area contributed by atoms with Crippen LogP contribution in [0.5, 0.6) is 0 Å². The number of hydrogen-bond donors (Lipinski definition) is 2. The highest BCUT2D eigenvalue weighted by Gasteiger charge is 2.50. The molecular weight excluding hydrogens is 458 g/mol. The molecule has 0 bridgehead atoms. The molecule has 0 unspecified atom stereocenters. The van der Waals surface area contributed by atoms with Gasteiger partial charge in [0.05, 0.1) is 16.9 Å². The summed E-state index contributed by atoms with van der Waals surface area (Å²) in [5.74, 6) is 0.627. The number of aliphatic hydroxyl groups is 1. The first-order valence-corrected chi connectivity index (χ1v) is 12.4. The molecule has 1 aliphatic carbocycles. The molecule has 1 fully saturated rings. The van der Waals surface area contributed by atoms with Crippen LogP contribution in [0.1, 0.15) is 35.1 Å². The first-order chi connectivity index (χ1) is 17.0. The van der Waals surface area contributed by atoms with Crippen LogP contribution in [-0.2, 0) is 24.2 Å². The Kier molecular flexibility index (Phi) is 5.47. The molecule has 2 aliphatic rings. The fraction of sp³-hybridized carbons (Fsp3) is 0.241. The maximum absolute atomic E-state index is 12.6. The number of halogens is 1. The van der Waals surface area contributed by atoms with Crippen molar-refractivity contribution in [3.05, 3.63) is 100 Å². The Morgan fingerprint density at radius 1 is 1.09 bits per heavy atom. The van der Waals surface area contributed by atoms with Gasteiger partial charge >= 0.3 is 0 Å². The third-order valence-corrected chi connectivity index (χ3v) is 7.44. The van der Waals surface area contributed by atoms with Gasteiger partial charge in [0.15, 0.2) is 0 Å². The van der Waals surface area contributed by atoms with Gasteiger partial charge in [-0.3, -0.25) is 4.79 Å². The summed E-state index contributed by atoms with van der Waals surface area (Å²) in [7, 11) is 0. The molecule has 1 saturated carbocycles.